The highest BCUT2D eigenvalue weighted by molar-refractivity contribution is 5.84. The predicted molar refractivity (Wildman–Crippen MR) is 79.5 cm³/mol. The number of hydrogen-bond acceptors (Lipinski definition) is 3. The SMILES string of the molecule is Cc1nn(C(C)C)c(C)c1CN(C)C(=O)[C@@H]1C=CCN1. The van der Waals surface area contributed by atoms with Gasteiger partial charge in [-0.25, -0.2) is 0 Å². The third-order valence-electron chi connectivity index (χ3n) is 3.79. The molecule has 0 radical (unpaired) electrons. The number of rotatable bonds is 4. The second-order valence-corrected chi connectivity index (χ2v) is 5.70. The van der Waals surface area contributed by atoms with Gasteiger partial charge in [-0.15, -0.1) is 0 Å². The molecule has 0 saturated carbocycles. The summed E-state index contributed by atoms with van der Waals surface area (Å²) in [5, 5.41) is 7.72. The fourth-order valence-electron chi connectivity index (χ4n) is 2.62. The Balaban J connectivity index is 2.13. The van der Waals surface area contributed by atoms with E-state index in [1.54, 1.807) is 4.90 Å². The molecular weight excluding hydrogens is 252 g/mol. The molecule has 1 atom stereocenters. The van der Waals surface area contributed by atoms with Crippen molar-refractivity contribution < 1.29 is 4.79 Å². The van der Waals surface area contributed by atoms with Crippen LogP contribution in [0, 0.1) is 13.8 Å². The van der Waals surface area contributed by atoms with Crippen LogP contribution in [0.5, 0.6) is 0 Å². The summed E-state index contributed by atoms with van der Waals surface area (Å²) in [6.45, 7) is 9.69. The van der Waals surface area contributed by atoms with Crippen LogP contribution >= 0.6 is 0 Å². The molecule has 0 bridgehead atoms. The van der Waals surface area contributed by atoms with Gasteiger partial charge in [-0.05, 0) is 27.7 Å². The molecule has 5 heteroatoms. The smallest absolute Gasteiger partial charge is 0.243 e. The molecule has 110 valence electrons. The molecule has 0 spiro atoms. The first-order valence-corrected chi connectivity index (χ1v) is 7.11. The first-order valence-electron chi connectivity index (χ1n) is 7.11. The topological polar surface area (TPSA) is 50.2 Å². The molecule has 1 aromatic rings. The predicted octanol–water partition coefficient (Wildman–Crippen LogP) is 1.57. The summed E-state index contributed by atoms with van der Waals surface area (Å²) in [5.74, 6) is 0.106. The molecule has 1 amide bonds. The minimum absolute atomic E-state index is 0.106. The van der Waals surface area contributed by atoms with Crippen LogP contribution in [0.4, 0.5) is 0 Å². The average Bonchev–Trinajstić information content (AvgIpc) is 3.01. The van der Waals surface area contributed by atoms with Crippen LogP contribution in [0.15, 0.2) is 12.2 Å². The van der Waals surface area contributed by atoms with E-state index in [4.69, 9.17) is 0 Å². The van der Waals surface area contributed by atoms with Crippen molar-refractivity contribution >= 4 is 5.91 Å². The number of nitrogens with zero attached hydrogens (tertiary/aromatic N) is 3. The van der Waals surface area contributed by atoms with E-state index in [1.165, 1.54) is 0 Å². The van der Waals surface area contributed by atoms with Crippen molar-refractivity contribution in [3.05, 3.63) is 29.1 Å². The molecule has 0 unspecified atom stereocenters. The first kappa shape index (κ1) is 14.8. The molecule has 0 aromatic carbocycles. The summed E-state index contributed by atoms with van der Waals surface area (Å²) in [6.07, 6.45) is 3.92. The van der Waals surface area contributed by atoms with Crippen LogP contribution in [0.25, 0.3) is 0 Å². The van der Waals surface area contributed by atoms with Crippen molar-refractivity contribution in [2.24, 2.45) is 0 Å². The minimum atomic E-state index is -0.180. The van der Waals surface area contributed by atoms with Crippen molar-refractivity contribution in [3.63, 3.8) is 0 Å². The Hall–Kier alpha value is -1.62. The normalized spacial score (nSPS) is 18.0. The molecule has 1 aromatic heterocycles. The molecular formula is C15H24N4O. The van der Waals surface area contributed by atoms with Gasteiger partial charge in [0, 0.05) is 37.4 Å². The number of hydrogen-bond donors (Lipinski definition) is 1. The number of carbonyl (C=O) groups is 1. The van der Waals surface area contributed by atoms with E-state index in [0.717, 1.165) is 23.5 Å². The molecule has 0 fully saturated rings. The van der Waals surface area contributed by atoms with Crippen LogP contribution in [-0.2, 0) is 11.3 Å². The summed E-state index contributed by atoms with van der Waals surface area (Å²) in [5.41, 5.74) is 3.30. The van der Waals surface area contributed by atoms with Gasteiger partial charge in [0.15, 0.2) is 0 Å². The number of aromatic nitrogens is 2. The summed E-state index contributed by atoms with van der Waals surface area (Å²) >= 11 is 0. The maximum atomic E-state index is 12.3. The lowest BCUT2D eigenvalue weighted by atomic mass is 10.1. The van der Waals surface area contributed by atoms with Gasteiger partial charge in [0.1, 0.15) is 6.04 Å². The molecule has 2 heterocycles. The third-order valence-corrected chi connectivity index (χ3v) is 3.79. The Labute approximate surface area is 120 Å². The number of nitrogens with one attached hydrogen (secondary N) is 1. The fourth-order valence-corrected chi connectivity index (χ4v) is 2.62. The van der Waals surface area contributed by atoms with Gasteiger partial charge in [-0.2, -0.15) is 5.10 Å². The Kier molecular flexibility index (Phi) is 4.28. The molecule has 5 nitrogen and oxygen atoms in total. The Morgan fingerprint density at radius 1 is 1.55 bits per heavy atom. The van der Waals surface area contributed by atoms with E-state index in [-0.39, 0.29) is 11.9 Å². The first-order chi connectivity index (χ1) is 9.41. The summed E-state index contributed by atoms with van der Waals surface area (Å²) in [7, 11) is 1.85. The number of likely N-dealkylation sites (N-methyl/N-ethyl adjacent to an activating group) is 1. The lowest BCUT2D eigenvalue weighted by molar-refractivity contribution is -0.131. The van der Waals surface area contributed by atoms with Crippen LogP contribution < -0.4 is 5.32 Å². The highest BCUT2D eigenvalue weighted by Crippen LogP contribution is 2.19. The third kappa shape index (κ3) is 2.77. The standard InChI is InChI=1S/C15H24N4O/c1-10(2)19-12(4)13(11(3)17-19)9-18(5)15(20)14-7-6-8-16-14/h6-7,10,14,16H,8-9H2,1-5H3/t14-/m0/s1. The second-order valence-electron chi connectivity index (χ2n) is 5.70. The molecule has 2 rings (SSSR count). The van der Waals surface area contributed by atoms with E-state index in [1.807, 2.05) is 30.8 Å². The van der Waals surface area contributed by atoms with Crippen LogP contribution in [0.2, 0.25) is 0 Å². The average molecular weight is 276 g/mol. The summed E-state index contributed by atoms with van der Waals surface area (Å²) < 4.78 is 2.02. The Morgan fingerprint density at radius 3 is 2.75 bits per heavy atom. The monoisotopic (exact) mass is 276 g/mol. The summed E-state index contributed by atoms with van der Waals surface area (Å²) in [4.78, 5) is 14.1. The van der Waals surface area contributed by atoms with Gasteiger partial charge < -0.3 is 4.90 Å². The Bertz CT molecular complexity index is 530. The lowest BCUT2D eigenvalue weighted by Crippen LogP contribution is -2.41. The van der Waals surface area contributed by atoms with E-state index < -0.39 is 0 Å². The lowest BCUT2D eigenvalue weighted by Gasteiger charge is -2.21. The number of aryl methyl sites for hydroxylation is 1. The van der Waals surface area contributed by atoms with Gasteiger partial charge in [0.2, 0.25) is 5.91 Å². The molecule has 20 heavy (non-hydrogen) atoms. The van der Waals surface area contributed by atoms with Crippen molar-refractivity contribution in [2.45, 2.75) is 46.3 Å². The van der Waals surface area contributed by atoms with E-state index in [2.05, 4.69) is 31.2 Å². The highest BCUT2D eigenvalue weighted by Gasteiger charge is 2.23. The zero-order valence-corrected chi connectivity index (χ0v) is 13.0. The van der Waals surface area contributed by atoms with Gasteiger partial charge in [0.25, 0.3) is 0 Å². The quantitative estimate of drug-likeness (QED) is 0.849. The van der Waals surface area contributed by atoms with Crippen molar-refractivity contribution in [3.8, 4) is 0 Å². The van der Waals surface area contributed by atoms with Crippen molar-refractivity contribution in [2.75, 3.05) is 13.6 Å². The highest BCUT2D eigenvalue weighted by atomic mass is 16.2. The maximum absolute atomic E-state index is 12.3. The number of amides is 1. The zero-order chi connectivity index (χ0) is 14.9. The molecule has 0 saturated heterocycles. The van der Waals surface area contributed by atoms with Gasteiger partial charge >= 0.3 is 0 Å². The number of carbonyl (C=O) groups excluding carboxylic acids is 1. The Morgan fingerprint density at radius 2 is 2.25 bits per heavy atom. The van der Waals surface area contributed by atoms with Crippen LogP contribution in [-0.4, -0.2) is 40.2 Å². The zero-order valence-electron chi connectivity index (χ0n) is 13.0. The van der Waals surface area contributed by atoms with Gasteiger partial charge in [0.05, 0.1) is 5.69 Å². The molecule has 1 aliphatic heterocycles. The van der Waals surface area contributed by atoms with E-state index >= 15 is 0 Å². The van der Waals surface area contributed by atoms with Gasteiger partial charge in [-0.1, -0.05) is 12.2 Å². The minimum Gasteiger partial charge on any atom is -0.340 e. The fraction of sp³-hybridized carbons (Fsp3) is 0.600. The van der Waals surface area contributed by atoms with E-state index in [0.29, 0.717) is 12.6 Å². The maximum Gasteiger partial charge on any atom is 0.243 e. The summed E-state index contributed by atoms with van der Waals surface area (Å²) in [6, 6.07) is 0.156. The molecule has 0 aliphatic carbocycles. The molecule has 1 aliphatic rings. The van der Waals surface area contributed by atoms with Crippen molar-refractivity contribution in [1.29, 1.82) is 0 Å². The van der Waals surface area contributed by atoms with Crippen LogP contribution in [0.1, 0.15) is 36.8 Å². The largest absolute Gasteiger partial charge is 0.340 e. The van der Waals surface area contributed by atoms with Crippen LogP contribution in [0.3, 0.4) is 0 Å². The van der Waals surface area contributed by atoms with E-state index in [9.17, 15) is 4.79 Å². The second kappa shape index (κ2) is 5.79. The molecule has 1 N–H and O–H groups in total. The van der Waals surface area contributed by atoms with Crippen molar-refractivity contribution in [1.82, 2.24) is 20.0 Å². The van der Waals surface area contributed by atoms with Gasteiger partial charge in [-0.3, -0.25) is 14.8 Å².